The van der Waals surface area contributed by atoms with Crippen molar-refractivity contribution in [2.45, 2.75) is 12.8 Å². The Bertz CT molecular complexity index is 461. The highest BCUT2D eigenvalue weighted by molar-refractivity contribution is 5.92. The Kier molecular flexibility index (Phi) is 3.82. The number of aromatic nitrogens is 2. The van der Waals surface area contributed by atoms with Crippen LogP contribution in [0.15, 0.2) is 12.4 Å². The third kappa shape index (κ3) is 2.75. The Hall–Kier alpha value is -1.69. The molecule has 0 atom stereocenters. The van der Waals surface area contributed by atoms with E-state index < -0.39 is 0 Å². The van der Waals surface area contributed by atoms with E-state index in [1.807, 2.05) is 4.90 Å². The lowest BCUT2D eigenvalue weighted by Crippen LogP contribution is -2.44. The molecule has 0 radical (unpaired) electrons. The molecule has 1 aromatic rings. The van der Waals surface area contributed by atoms with E-state index in [1.165, 1.54) is 0 Å². The van der Waals surface area contributed by atoms with Gasteiger partial charge in [0.2, 0.25) is 0 Å². The van der Waals surface area contributed by atoms with Crippen molar-refractivity contribution in [3.8, 4) is 0 Å². The molecular weight excluding hydrogens is 254 g/mol. The minimum Gasteiger partial charge on any atom is -0.353 e. The second kappa shape index (κ2) is 5.75. The molecule has 2 aliphatic rings. The summed E-state index contributed by atoms with van der Waals surface area (Å²) < 4.78 is 0. The van der Waals surface area contributed by atoms with Crippen LogP contribution in [0.3, 0.4) is 0 Å². The number of rotatable bonds is 2. The standard InChI is InChI=1S/C14H21N5O/c1-17-6-8-18(9-7-17)13-11-15-12(10-16-13)14(20)19-4-2-3-5-19/h10-11H,2-9H2,1H3. The van der Waals surface area contributed by atoms with Gasteiger partial charge in [-0.2, -0.15) is 0 Å². The normalized spacial score (nSPS) is 20.4. The van der Waals surface area contributed by atoms with Gasteiger partial charge in [-0.25, -0.2) is 9.97 Å². The van der Waals surface area contributed by atoms with Crippen molar-refractivity contribution < 1.29 is 4.79 Å². The third-order valence-corrected chi connectivity index (χ3v) is 4.08. The van der Waals surface area contributed by atoms with Crippen molar-refractivity contribution in [1.29, 1.82) is 0 Å². The Morgan fingerprint density at radius 1 is 1.00 bits per heavy atom. The van der Waals surface area contributed by atoms with E-state index in [9.17, 15) is 4.79 Å². The van der Waals surface area contributed by atoms with Gasteiger partial charge >= 0.3 is 0 Å². The fourth-order valence-corrected chi connectivity index (χ4v) is 2.71. The minimum absolute atomic E-state index is 0.0138. The highest BCUT2D eigenvalue weighted by atomic mass is 16.2. The van der Waals surface area contributed by atoms with Crippen molar-refractivity contribution in [2.75, 3.05) is 51.2 Å². The van der Waals surface area contributed by atoms with Crippen molar-refractivity contribution in [3.63, 3.8) is 0 Å². The first kappa shape index (κ1) is 13.3. The van der Waals surface area contributed by atoms with E-state index in [4.69, 9.17) is 0 Å². The van der Waals surface area contributed by atoms with Crippen molar-refractivity contribution in [2.24, 2.45) is 0 Å². The summed E-state index contributed by atoms with van der Waals surface area (Å²) in [6, 6.07) is 0. The van der Waals surface area contributed by atoms with E-state index in [0.29, 0.717) is 5.69 Å². The number of hydrogen-bond acceptors (Lipinski definition) is 5. The van der Waals surface area contributed by atoms with Gasteiger partial charge in [0.15, 0.2) is 0 Å². The summed E-state index contributed by atoms with van der Waals surface area (Å²) in [4.78, 5) is 27.3. The minimum atomic E-state index is 0.0138. The van der Waals surface area contributed by atoms with Crippen molar-refractivity contribution in [3.05, 3.63) is 18.1 Å². The number of anilines is 1. The largest absolute Gasteiger partial charge is 0.353 e. The van der Waals surface area contributed by atoms with Gasteiger partial charge in [0.25, 0.3) is 5.91 Å². The Labute approximate surface area is 119 Å². The van der Waals surface area contributed by atoms with Gasteiger partial charge in [-0.1, -0.05) is 0 Å². The molecule has 1 aromatic heterocycles. The Morgan fingerprint density at radius 2 is 1.70 bits per heavy atom. The number of carbonyl (C=O) groups excluding carboxylic acids is 1. The molecule has 0 saturated carbocycles. The second-order valence-corrected chi connectivity index (χ2v) is 5.55. The molecule has 2 saturated heterocycles. The second-order valence-electron chi connectivity index (χ2n) is 5.55. The molecule has 1 amide bonds. The highest BCUT2D eigenvalue weighted by Crippen LogP contribution is 2.14. The van der Waals surface area contributed by atoms with Crippen LogP contribution in [0.1, 0.15) is 23.3 Å². The molecule has 6 heteroatoms. The zero-order chi connectivity index (χ0) is 13.9. The van der Waals surface area contributed by atoms with Crippen LogP contribution in [-0.2, 0) is 0 Å². The third-order valence-electron chi connectivity index (χ3n) is 4.08. The molecule has 0 aliphatic carbocycles. The number of piperazine rings is 1. The first-order valence-corrected chi connectivity index (χ1v) is 7.29. The summed E-state index contributed by atoms with van der Waals surface area (Å²) in [5.74, 6) is 0.885. The first-order chi connectivity index (χ1) is 9.74. The number of hydrogen-bond donors (Lipinski definition) is 0. The summed E-state index contributed by atoms with van der Waals surface area (Å²) in [5, 5.41) is 0. The summed E-state index contributed by atoms with van der Waals surface area (Å²) >= 11 is 0. The number of carbonyl (C=O) groups is 1. The molecule has 0 N–H and O–H groups in total. The van der Waals surface area contributed by atoms with Crippen molar-refractivity contribution >= 4 is 11.7 Å². The summed E-state index contributed by atoms with van der Waals surface area (Å²) in [7, 11) is 2.13. The summed E-state index contributed by atoms with van der Waals surface area (Å²) in [6.07, 6.45) is 5.54. The van der Waals surface area contributed by atoms with Crippen LogP contribution in [0.25, 0.3) is 0 Å². The number of nitrogens with zero attached hydrogens (tertiary/aromatic N) is 5. The average Bonchev–Trinajstić information content (AvgIpc) is 3.02. The lowest BCUT2D eigenvalue weighted by Gasteiger charge is -2.32. The smallest absolute Gasteiger partial charge is 0.274 e. The lowest BCUT2D eigenvalue weighted by atomic mass is 10.3. The van der Waals surface area contributed by atoms with Crippen LogP contribution in [-0.4, -0.2) is 72.0 Å². The quantitative estimate of drug-likeness (QED) is 0.785. The van der Waals surface area contributed by atoms with Crippen LogP contribution in [0.4, 0.5) is 5.82 Å². The van der Waals surface area contributed by atoms with Gasteiger partial charge in [0.1, 0.15) is 11.5 Å². The molecule has 2 fully saturated rings. The molecule has 0 aromatic carbocycles. The Balaban J connectivity index is 1.66. The maximum atomic E-state index is 12.2. The van der Waals surface area contributed by atoms with Crippen molar-refractivity contribution in [1.82, 2.24) is 19.8 Å². The number of amides is 1. The SMILES string of the molecule is CN1CCN(c2cnc(C(=O)N3CCCC3)cn2)CC1. The maximum Gasteiger partial charge on any atom is 0.274 e. The zero-order valence-electron chi connectivity index (χ0n) is 12.0. The van der Waals surface area contributed by atoms with E-state index in [1.54, 1.807) is 12.4 Å². The average molecular weight is 275 g/mol. The predicted molar refractivity (Wildman–Crippen MR) is 76.9 cm³/mol. The van der Waals surface area contributed by atoms with Gasteiger partial charge in [0, 0.05) is 39.3 Å². The first-order valence-electron chi connectivity index (χ1n) is 7.29. The highest BCUT2D eigenvalue weighted by Gasteiger charge is 2.21. The van der Waals surface area contributed by atoms with Crippen LogP contribution in [0, 0.1) is 0 Å². The number of likely N-dealkylation sites (N-methyl/N-ethyl adjacent to an activating group) is 1. The van der Waals surface area contributed by atoms with Gasteiger partial charge < -0.3 is 14.7 Å². The molecule has 0 unspecified atom stereocenters. The predicted octanol–water partition coefficient (Wildman–Crippen LogP) is 0.464. The monoisotopic (exact) mass is 275 g/mol. The summed E-state index contributed by atoms with van der Waals surface area (Å²) in [5.41, 5.74) is 0.463. The van der Waals surface area contributed by atoms with E-state index in [0.717, 1.165) is 57.9 Å². The van der Waals surface area contributed by atoms with Crippen LogP contribution < -0.4 is 4.90 Å². The summed E-state index contributed by atoms with van der Waals surface area (Å²) in [6.45, 7) is 5.70. The van der Waals surface area contributed by atoms with E-state index in [-0.39, 0.29) is 5.91 Å². The van der Waals surface area contributed by atoms with Gasteiger partial charge in [-0.3, -0.25) is 4.79 Å². The zero-order valence-corrected chi connectivity index (χ0v) is 12.0. The molecule has 3 rings (SSSR count). The van der Waals surface area contributed by atoms with Crippen LogP contribution in [0.5, 0.6) is 0 Å². The van der Waals surface area contributed by atoms with Gasteiger partial charge in [-0.15, -0.1) is 0 Å². The molecule has 20 heavy (non-hydrogen) atoms. The Morgan fingerprint density at radius 3 is 2.30 bits per heavy atom. The lowest BCUT2D eigenvalue weighted by molar-refractivity contribution is 0.0786. The topological polar surface area (TPSA) is 52.6 Å². The van der Waals surface area contributed by atoms with E-state index in [2.05, 4.69) is 26.8 Å². The van der Waals surface area contributed by atoms with E-state index >= 15 is 0 Å². The van der Waals surface area contributed by atoms with Crippen LogP contribution >= 0.6 is 0 Å². The molecule has 108 valence electrons. The fourth-order valence-electron chi connectivity index (χ4n) is 2.71. The molecular formula is C14H21N5O. The maximum absolute atomic E-state index is 12.2. The van der Waals surface area contributed by atoms with Crippen LogP contribution in [0.2, 0.25) is 0 Å². The molecule has 3 heterocycles. The van der Waals surface area contributed by atoms with Gasteiger partial charge in [-0.05, 0) is 19.9 Å². The molecule has 2 aliphatic heterocycles. The molecule has 0 bridgehead atoms. The molecule has 6 nitrogen and oxygen atoms in total. The fraction of sp³-hybridized carbons (Fsp3) is 0.643. The van der Waals surface area contributed by atoms with Gasteiger partial charge in [0.05, 0.1) is 12.4 Å². The molecule has 0 spiro atoms. The number of likely N-dealkylation sites (tertiary alicyclic amines) is 1.